The van der Waals surface area contributed by atoms with Crippen LogP contribution < -0.4 is 0 Å². The summed E-state index contributed by atoms with van der Waals surface area (Å²) in [4.78, 5) is 14.8. The lowest BCUT2D eigenvalue weighted by Gasteiger charge is -2.38. The van der Waals surface area contributed by atoms with Gasteiger partial charge in [0, 0.05) is 7.05 Å². The molecule has 0 radical (unpaired) electrons. The van der Waals surface area contributed by atoms with Crippen molar-refractivity contribution in [2.45, 2.75) is 46.6 Å². The van der Waals surface area contributed by atoms with Crippen molar-refractivity contribution in [3.8, 4) is 0 Å². The van der Waals surface area contributed by atoms with Crippen LogP contribution in [0.15, 0.2) is 16.8 Å². The van der Waals surface area contributed by atoms with Crippen LogP contribution in [0.4, 0.5) is 0 Å². The van der Waals surface area contributed by atoms with E-state index in [2.05, 4.69) is 30.7 Å². The summed E-state index contributed by atoms with van der Waals surface area (Å²) in [6.07, 6.45) is 2.99. The molecule has 2 bridgehead atoms. The van der Waals surface area contributed by atoms with Crippen LogP contribution in [0.2, 0.25) is 0 Å². The first-order valence-electron chi connectivity index (χ1n) is 7.52. The van der Waals surface area contributed by atoms with E-state index in [0.717, 1.165) is 36.2 Å². The molecule has 2 aliphatic carbocycles. The van der Waals surface area contributed by atoms with E-state index in [1.54, 1.807) is 4.90 Å². The Kier molecular flexibility index (Phi) is 3.01. The van der Waals surface area contributed by atoms with Gasteiger partial charge in [-0.2, -0.15) is 0 Å². The molecule has 0 N–H and O–H groups in total. The Hall–Kier alpha value is -1.65. The Labute approximate surface area is 125 Å². The predicted molar refractivity (Wildman–Crippen MR) is 78.2 cm³/mol. The van der Waals surface area contributed by atoms with Gasteiger partial charge in [0.05, 0.1) is 12.0 Å². The van der Waals surface area contributed by atoms with Crippen molar-refractivity contribution >= 4 is 5.91 Å². The van der Waals surface area contributed by atoms with Crippen LogP contribution in [0.5, 0.6) is 0 Å². The number of hydrogen-bond donors (Lipinski definition) is 0. The molecule has 3 rings (SSSR count). The largest absolute Gasteiger partial charge is 0.339 e. The second-order valence-electron chi connectivity index (χ2n) is 7.18. The maximum atomic E-state index is 13.0. The molecule has 0 aliphatic heterocycles. The molecule has 2 atom stereocenters. The SMILES string of the molecule is C=C1C(C)(C)[C@H]2CC[C@]1(C(=O)N(C)Cc1nonc1C)C2. The van der Waals surface area contributed by atoms with E-state index in [9.17, 15) is 4.79 Å². The summed E-state index contributed by atoms with van der Waals surface area (Å²) in [5.41, 5.74) is 2.27. The number of amides is 1. The Morgan fingerprint density at radius 1 is 1.48 bits per heavy atom. The van der Waals surface area contributed by atoms with Gasteiger partial charge in [-0.15, -0.1) is 0 Å². The lowest BCUT2D eigenvalue weighted by molar-refractivity contribution is -0.139. The highest BCUT2D eigenvalue weighted by Crippen LogP contribution is 2.65. The number of carbonyl (C=O) groups excluding carboxylic acids is 1. The third kappa shape index (κ3) is 1.86. The van der Waals surface area contributed by atoms with E-state index in [1.165, 1.54) is 0 Å². The summed E-state index contributed by atoms with van der Waals surface area (Å²) in [5.74, 6) is 0.751. The molecule has 0 aromatic carbocycles. The zero-order chi connectivity index (χ0) is 15.4. The van der Waals surface area contributed by atoms with E-state index in [0.29, 0.717) is 12.5 Å². The van der Waals surface area contributed by atoms with E-state index in [4.69, 9.17) is 4.63 Å². The minimum absolute atomic E-state index is 0.0696. The molecule has 0 spiro atoms. The second kappa shape index (κ2) is 4.42. The summed E-state index contributed by atoms with van der Waals surface area (Å²) in [6.45, 7) is 11.0. The van der Waals surface area contributed by atoms with Crippen molar-refractivity contribution in [3.05, 3.63) is 23.5 Å². The van der Waals surface area contributed by atoms with Gasteiger partial charge in [-0.05, 0) is 37.5 Å². The smallest absolute Gasteiger partial charge is 0.233 e. The van der Waals surface area contributed by atoms with Crippen LogP contribution in [0.25, 0.3) is 0 Å². The highest BCUT2D eigenvalue weighted by Gasteiger charge is 2.61. The monoisotopic (exact) mass is 289 g/mol. The van der Waals surface area contributed by atoms with Gasteiger partial charge in [-0.1, -0.05) is 36.3 Å². The fourth-order valence-corrected chi connectivity index (χ4v) is 4.18. The van der Waals surface area contributed by atoms with Gasteiger partial charge in [0.15, 0.2) is 0 Å². The summed E-state index contributed by atoms with van der Waals surface area (Å²) >= 11 is 0. The van der Waals surface area contributed by atoms with Crippen molar-refractivity contribution in [1.82, 2.24) is 15.2 Å². The summed E-state index contributed by atoms with van der Waals surface area (Å²) in [5, 5.41) is 7.64. The Morgan fingerprint density at radius 2 is 2.19 bits per heavy atom. The zero-order valence-electron chi connectivity index (χ0n) is 13.3. The molecule has 5 nitrogen and oxygen atoms in total. The van der Waals surface area contributed by atoms with Crippen LogP contribution >= 0.6 is 0 Å². The van der Waals surface area contributed by atoms with Crippen molar-refractivity contribution < 1.29 is 9.42 Å². The molecule has 1 aromatic heterocycles. The third-order valence-corrected chi connectivity index (χ3v) is 5.78. The van der Waals surface area contributed by atoms with E-state index in [1.807, 2.05) is 14.0 Å². The fourth-order valence-electron chi connectivity index (χ4n) is 4.18. The first-order chi connectivity index (χ1) is 9.79. The Balaban J connectivity index is 1.82. The average molecular weight is 289 g/mol. The van der Waals surface area contributed by atoms with Crippen LogP contribution in [0.3, 0.4) is 0 Å². The Morgan fingerprint density at radius 3 is 2.71 bits per heavy atom. The number of hydrogen-bond acceptors (Lipinski definition) is 4. The van der Waals surface area contributed by atoms with Crippen LogP contribution in [0, 0.1) is 23.7 Å². The molecule has 21 heavy (non-hydrogen) atoms. The highest BCUT2D eigenvalue weighted by molar-refractivity contribution is 5.87. The number of rotatable bonds is 3. The number of fused-ring (bicyclic) bond motifs is 2. The predicted octanol–water partition coefficient (Wildman–Crippen LogP) is 2.72. The van der Waals surface area contributed by atoms with E-state index < -0.39 is 0 Å². The fraction of sp³-hybridized carbons (Fsp3) is 0.688. The topological polar surface area (TPSA) is 59.2 Å². The van der Waals surface area contributed by atoms with Crippen LogP contribution in [-0.2, 0) is 11.3 Å². The van der Waals surface area contributed by atoms with E-state index in [-0.39, 0.29) is 16.7 Å². The molecule has 0 unspecified atom stereocenters. The lowest BCUT2D eigenvalue weighted by atomic mass is 9.68. The van der Waals surface area contributed by atoms with Crippen LogP contribution in [-0.4, -0.2) is 28.2 Å². The van der Waals surface area contributed by atoms with Crippen molar-refractivity contribution in [2.24, 2.45) is 16.7 Å². The molecule has 114 valence electrons. The minimum atomic E-state index is -0.367. The second-order valence-corrected chi connectivity index (χ2v) is 7.18. The Bertz CT molecular complexity index is 604. The molecule has 1 amide bonds. The molecule has 2 fully saturated rings. The van der Waals surface area contributed by atoms with Gasteiger partial charge >= 0.3 is 0 Å². The van der Waals surface area contributed by atoms with Gasteiger partial charge in [-0.25, -0.2) is 4.63 Å². The van der Waals surface area contributed by atoms with Crippen LogP contribution in [0.1, 0.15) is 44.5 Å². The molecule has 5 heteroatoms. The average Bonchev–Trinajstić information content (AvgIpc) is 3.08. The van der Waals surface area contributed by atoms with Gasteiger partial charge in [-0.3, -0.25) is 4.79 Å². The third-order valence-electron chi connectivity index (χ3n) is 5.78. The molecule has 2 saturated carbocycles. The molecular weight excluding hydrogens is 266 g/mol. The maximum Gasteiger partial charge on any atom is 0.233 e. The first-order valence-corrected chi connectivity index (χ1v) is 7.52. The maximum absolute atomic E-state index is 13.0. The van der Waals surface area contributed by atoms with Gasteiger partial charge in [0.2, 0.25) is 5.91 Å². The highest BCUT2D eigenvalue weighted by atomic mass is 16.6. The van der Waals surface area contributed by atoms with Crippen molar-refractivity contribution in [3.63, 3.8) is 0 Å². The minimum Gasteiger partial charge on any atom is -0.339 e. The number of carbonyl (C=O) groups is 1. The first kappa shape index (κ1) is 14.3. The van der Waals surface area contributed by atoms with Gasteiger partial charge < -0.3 is 4.90 Å². The zero-order valence-corrected chi connectivity index (χ0v) is 13.3. The molecule has 2 aliphatic rings. The summed E-state index contributed by atoms with van der Waals surface area (Å²) < 4.78 is 4.71. The van der Waals surface area contributed by atoms with E-state index >= 15 is 0 Å². The van der Waals surface area contributed by atoms with Gasteiger partial charge in [0.1, 0.15) is 11.4 Å². The number of nitrogens with zero attached hydrogens (tertiary/aromatic N) is 3. The quantitative estimate of drug-likeness (QED) is 0.803. The van der Waals surface area contributed by atoms with Crippen molar-refractivity contribution in [1.29, 1.82) is 0 Å². The lowest BCUT2D eigenvalue weighted by Crippen LogP contribution is -2.42. The molecular formula is C16H23N3O2. The number of aryl methyl sites for hydroxylation is 1. The molecule has 1 heterocycles. The summed E-state index contributed by atoms with van der Waals surface area (Å²) in [6, 6.07) is 0. The van der Waals surface area contributed by atoms with Crippen molar-refractivity contribution in [2.75, 3.05) is 7.05 Å². The standard InChI is InChI=1S/C16H23N3O2/c1-10-13(18-21-17-10)9-19(5)14(20)16-7-6-12(8-16)15(3,4)11(16)2/h12H,2,6-9H2,1,3-5H3/t12-,16-/m0/s1. The van der Waals surface area contributed by atoms with Gasteiger partial charge in [0.25, 0.3) is 0 Å². The molecule has 1 aromatic rings. The molecule has 0 saturated heterocycles. The summed E-state index contributed by atoms with van der Waals surface area (Å²) in [7, 11) is 1.83. The number of aromatic nitrogens is 2. The normalized spacial score (nSPS) is 29.9.